The molecule has 0 radical (unpaired) electrons. The standard InChI is InChI=1S/C17H19BrFNO/c1-10-16(2,3)11-6-7-17(10,9-11)15(21)20-14-5-4-12(19)8-13(14)18/h4-5,8,11H,1,6-7,9H2,2-3H3,(H,20,21)/t11-,17-/m1/s1. The molecule has 112 valence electrons. The maximum absolute atomic E-state index is 13.1. The van der Waals surface area contributed by atoms with Crippen LogP contribution >= 0.6 is 15.9 Å². The summed E-state index contributed by atoms with van der Waals surface area (Å²) in [5, 5.41) is 2.95. The minimum Gasteiger partial charge on any atom is -0.324 e. The van der Waals surface area contributed by atoms with Crippen molar-refractivity contribution in [3.8, 4) is 0 Å². The Morgan fingerprint density at radius 1 is 1.48 bits per heavy atom. The predicted molar refractivity (Wildman–Crippen MR) is 85.4 cm³/mol. The van der Waals surface area contributed by atoms with Crippen LogP contribution in [0.5, 0.6) is 0 Å². The van der Waals surface area contributed by atoms with Crippen LogP contribution in [0.1, 0.15) is 33.1 Å². The molecule has 2 atom stereocenters. The molecule has 0 unspecified atom stereocenters. The summed E-state index contributed by atoms with van der Waals surface area (Å²) in [6.45, 7) is 8.59. The van der Waals surface area contributed by atoms with Gasteiger partial charge in [0, 0.05) is 4.47 Å². The molecule has 4 heteroatoms. The highest BCUT2D eigenvalue weighted by Crippen LogP contribution is 2.65. The number of nitrogens with one attached hydrogen (secondary N) is 1. The van der Waals surface area contributed by atoms with Crippen molar-refractivity contribution in [1.82, 2.24) is 0 Å². The van der Waals surface area contributed by atoms with Gasteiger partial charge >= 0.3 is 0 Å². The van der Waals surface area contributed by atoms with Gasteiger partial charge in [0.05, 0.1) is 11.1 Å². The van der Waals surface area contributed by atoms with Crippen LogP contribution in [0, 0.1) is 22.6 Å². The third kappa shape index (κ3) is 2.07. The van der Waals surface area contributed by atoms with Gasteiger partial charge in [-0.05, 0) is 64.7 Å². The molecule has 1 N–H and O–H groups in total. The minimum atomic E-state index is -0.456. The molecule has 1 aromatic rings. The molecule has 2 saturated carbocycles. The normalized spacial score (nSPS) is 29.7. The lowest BCUT2D eigenvalue weighted by Gasteiger charge is -2.37. The number of hydrogen-bond acceptors (Lipinski definition) is 1. The summed E-state index contributed by atoms with van der Waals surface area (Å²) < 4.78 is 13.7. The molecule has 0 heterocycles. The van der Waals surface area contributed by atoms with Gasteiger partial charge in [-0.2, -0.15) is 0 Å². The number of hydrogen-bond donors (Lipinski definition) is 1. The summed E-state index contributed by atoms with van der Waals surface area (Å²) in [4.78, 5) is 12.8. The molecule has 21 heavy (non-hydrogen) atoms. The number of fused-ring (bicyclic) bond motifs is 2. The van der Waals surface area contributed by atoms with E-state index in [4.69, 9.17) is 0 Å². The molecule has 0 aliphatic heterocycles. The average molecular weight is 352 g/mol. The Morgan fingerprint density at radius 2 is 2.19 bits per heavy atom. The lowest BCUT2D eigenvalue weighted by atomic mass is 9.68. The number of anilines is 1. The zero-order valence-electron chi connectivity index (χ0n) is 12.3. The Morgan fingerprint density at radius 3 is 2.76 bits per heavy atom. The van der Waals surface area contributed by atoms with Crippen molar-refractivity contribution in [3.63, 3.8) is 0 Å². The van der Waals surface area contributed by atoms with E-state index >= 15 is 0 Å². The monoisotopic (exact) mass is 351 g/mol. The van der Waals surface area contributed by atoms with E-state index in [1.807, 2.05) is 0 Å². The SMILES string of the molecule is C=C1C(C)(C)[C@@H]2CC[C@@]1(C(=O)Nc1ccc(F)cc1Br)C2. The van der Waals surface area contributed by atoms with Gasteiger partial charge in [0.25, 0.3) is 0 Å². The van der Waals surface area contributed by atoms with E-state index in [1.54, 1.807) is 6.07 Å². The van der Waals surface area contributed by atoms with Crippen LogP contribution in [-0.4, -0.2) is 5.91 Å². The van der Waals surface area contributed by atoms with Crippen molar-refractivity contribution in [1.29, 1.82) is 0 Å². The van der Waals surface area contributed by atoms with E-state index in [2.05, 4.69) is 41.7 Å². The fraction of sp³-hybridized carbons (Fsp3) is 0.471. The van der Waals surface area contributed by atoms with Gasteiger partial charge in [0.1, 0.15) is 5.82 Å². The van der Waals surface area contributed by atoms with Crippen molar-refractivity contribution in [3.05, 3.63) is 40.6 Å². The highest BCUT2D eigenvalue weighted by Gasteiger charge is 2.60. The van der Waals surface area contributed by atoms with Crippen molar-refractivity contribution < 1.29 is 9.18 Å². The fourth-order valence-corrected chi connectivity index (χ4v) is 4.42. The molecule has 1 aromatic carbocycles. The van der Waals surface area contributed by atoms with Crippen LogP contribution in [0.2, 0.25) is 0 Å². The Bertz CT molecular complexity index is 640. The third-order valence-electron chi connectivity index (χ3n) is 5.50. The summed E-state index contributed by atoms with van der Waals surface area (Å²) in [7, 11) is 0. The Kier molecular flexibility index (Phi) is 3.28. The first-order valence-corrected chi connectivity index (χ1v) is 8.03. The lowest BCUT2D eigenvalue weighted by molar-refractivity contribution is -0.123. The van der Waals surface area contributed by atoms with Gasteiger partial charge in [0.15, 0.2) is 0 Å². The van der Waals surface area contributed by atoms with Gasteiger partial charge in [-0.15, -0.1) is 0 Å². The van der Waals surface area contributed by atoms with E-state index in [9.17, 15) is 9.18 Å². The molecule has 2 nitrogen and oxygen atoms in total. The van der Waals surface area contributed by atoms with Crippen molar-refractivity contribution in [2.24, 2.45) is 16.7 Å². The van der Waals surface area contributed by atoms with E-state index in [1.165, 1.54) is 12.1 Å². The molecule has 0 saturated heterocycles. The zero-order chi connectivity index (χ0) is 15.4. The fourth-order valence-electron chi connectivity index (χ4n) is 3.97. The zero-order valence-corrected chi connectivity index (χ0v) is 13.9. The third-order valence-corrected chi connectivity index (χ3v) is 6.16. The Labute approximate surface area is 132 Å². The molecule has 0 spiro atoms. The molecule has 2 fully saturated rings. The second-order valence-electron chi connectivity index (χ2n) is 6.80. The van der Waals surface area contributed by atoms with Crippen molar-refractivity contribution in [2.45, 2.75) is 33.1 Å². The summed E-state index contributed by atoms with van der Waals surface area (Å²) in [6, 6.07) is 4.30. The van der Waals surface area contributed by atoms with E-state index in [0.717, 1.165) is 24.8 Å². The highest BCUT2D eigenvalue weighted by atomic mass is 79.9. The van der Waals surface area contributed by atoms with Crippen LogP contribution in [0.4, 0.5) is 10.1 Å². The molecular weight excluding hydrogens is 333 g/mol. The molecule has 3 rings (SSSR count). The molecule has 2 aliphatic carbocycles. The first-order chi connectivity index (χ1) is 9.77. The van der Waals surface area contributed by atoms with Crippen LogP contribution < -0.4 is 5.32 Å². The van der Waals surface area contributed by atoms with Gasteiger partial charge in [0.2, 0.25) is 5.91 Å². The van der Waals surface area contributed by atoms with Crippen LogP contribution in [0.15, 0.2) is 34.8 Å². The number of rotatable bonds is 2. The van der Waals surface area contributed by atoms with Crippen LogP contribution in [0.3, 0.4) is 0 Å². The topological polar surface area (TPSA) is 29.1 Å². The molecule has 0 aromatic heterocycles. The summed E-state index contributed by atoms with van der Waals surface area (Å²) >= 11 is 3.29. The maximum atomic E-state index is 13.1. The average Bonchev–Trinajstić information content (AvgIpc) is 2.93. The van der Waals surface area contributed by atoms with Crippen LogP contribution in [-0.2, 0) is 4.79 Å². The number of benzene rings is 1. The Balaban J connectivity index is 1.88. The van der Waals surface area contributed by atoms with Crippen molar-refractivity contribution in [2.75, 3.05) is 5.32 Å². The number of amides is 1. The predicted octanol–water partition coefficient (Wildman–Crippen LogP) is 4.91. The van der Waals surface area contributed by atoms with Gasteiger partial charge in [-0.3, -0.25) is 4.79 Å². The quantitative estimate of drug-likeness (QED) is 0.753. The lowest BCUT2D eigenvalue weighted by Crippen LogP contribution is -2.37. The van der Waals surface area contributed by atoms with E-state index in [0.29, 0.717) is 16.1 Å². The highest BCUT2D eigenvalue weighted by molar-refractivity contribution is 9.10. The summed E-state index contributed by atoms with van der Waals surface area (Å²) in [6.07, 6.45) is 2.82. The van der Waals surface area contributed by atoms with Gasteiger partial charge in [-0.1, -0.05) is 26.0 Å². The summed E-state index contributed by atoms with van der Waals surface area (Å²) in [5.74, 6) is 0.200. The second kappa shape index (κ2) is 4.67. The molecular formula is C17H19BrFNO. The van der Waals surface area contributed by atoms with Gasteiger partial charge in [-0.25, -0.2) is 4.39 Å². The summed E-state index contributed by atoms with van der Waals surface area (Å²) in [5.41, 5.74) is 1.22. The number of halogens is 2. The first-order valence-electron chi connectivity index (χ1n) is 7.24. The van der Waals surface area contributed by atoms with Crippen molar-refractivity contribution >= 4 is 27.5 Å². The maximum Gasteiger partial charge on any atom is 0.234 e. The number of carbonyl (C=O) groups is 1. The minimum absolute atomic E-state index is 0.00659. The molecule has 2 bridgehead atoms. The number of carbonyl (C=O) groups excluding carboxylic acids is 1. The molecule has 2 aliphatic rings. The molecule has 1 amide bonds. The van der Waals surface area contributed by atoms with E-state index in [-0.39, 0.29) is 17.1 Å². The second-order valence-corrected chi connectivity index (χ2v) is 7.65. The van der Waals surface area contributed by atoms with Gasteiger partial charge < -0.3 is 5.32 Å². The van der Waals surface area contributed by atoms with E-state index < -0.39 is 5.41 Å². The first kappa shape index (κ1) is 14.8. The smallest absolute Gasteiger partial charge is 0.234 e. The largest absolute Gasteiger partial charge is 0.324 e. The van der Waals surface area contributed by atoms with Crippen LogP contribution in [0.25, 0.3) is 0 Å². The Hall–Kier alpha value is -1.16.